The summed E-state index contributed by atoms with van der Waals surface area (Å²) in [5.41, 5.74) is 0. The van der Waals surface area contributed by atoms with E-state index in [2.05, 4.69) is 0 Å². The third-order valence-electron chi connectivity index (χ3n) is 5.98. The molecule has 0 fully saturated rings. The van der Waals surface area contributed by atoms with Gasteiger partial charge in [-0.2, -0.15) is 0 Å². The largest absolute Gasteiger partial charge is 0.373 e. The van der Waals surface area contributed by atoms with E-state index < -0.39 is 14.3 Å². The number of hydrogen-bond acceptors (Lipinski definition) is 3. The second-order valence-corrected chi connectivity index (χ2v) is 14.0. The molecule has 0 aliphatic rings. The Balaban J connectivity index is 1.39. The Morgan fingerprint density at radius 1 is 0.471 bits per heavy atom. The van der Waals surface area contributed by atoms with Crippen molar-refractivity contribution in [1.29, 1.82) is 0 Å². The molecule has 174 valence electrons. The number of unbranched alkanes of at least 4 members (excludes halogenated alkanes) is 1. The summed E-state index contributed by atoms with van der Waals surface area (Å²) in [6, 6.07) is 38.6. The van der Waals surface area contributed by atoms with Gasteiger partial charge in [-0.3, -0.25) is 0 Å². The highest BCUT2D eigenvalue weighted by Gasteiger charge is 2.28. The summed E-state index contributed by atoms with van der Waals surface area (Å²) in [7, 11) is -5.59. The van der Waals surface area contributed by atoms with Crippen molar-refractivity contribution in [2.45, 2.75) is 12.8 Å². The fraction of sp³-hybridized carbons (Fsp3) is 0.172. The van der Waals surface area contributed by atoms with E-state index in [4.69, 9.17) is 4.74 Å². The molecule has 0 unspecified atom stereocenters. The van der Waals surface area contributed by atoms with Crippen LogP contribution in [0, 0.1) is 0 Å². The van der Waals surface area contributed by atoms with Gasteiger partial charge < -0.3 is 13.9 Å². The second-order valence-electron chi connectivity index (χ2n) is 8.29. The first kappa shape index (κ1) is 24.4. The number of ether oxygens (including phenoxy) is 1. The Morgan fingerprint density at radius 3 is 1.21 bits per heavy atom. The summed E-state index contributed by atoms with van der Waals surface area (Å²) in [6.45, 7) is 0.479. The zero-order valence-corrected chi connectivity index (χ0v) is 21.0. The molecule has 34 heavy (non-hydrogen) atoms. The van der Waals surface area contributed by atoms with Crippen molar-refractivity contribution in [2.75, 3.05) is 19.1 Å². The van der Waals surface area contributed by atoms with E-state index in [-0.39, 0.29) is 6.35 Å². The Labute approximate surface area is 202 Å². The first-order valence-corrected chi connectivity index (χ1v) is 15.4. The molecule has 0 radical (unpaired) electrons. The summed E-state index contributed by atoms with van der Waals surface area (Å²) >= 11 is 0. The Bertz CT molecular complexity index is 1060. The van der Waals surface area contributed by atoms with Crippen LogP contribution >= 0.6 is 14.3 Å². The van der Waals surface area contributed by atoms with Gasteiger partial charge in [0.15, 0.2) is 7.14 Å². The van der Waals surface area contributed by atoms with Crippen molar-refractivity contribution in [1.82, 2.24) is 0 Å². The lowest BCUT2D eigenvalue weighted by atomic mass is 10.3. The van der Waals surface area contributed by atoms with Crippen LogP contribution in [-0.4, -0.2) is 19.1 Å². The smallest absolute Gasteiger partial charge is 0.167 e. The van der Waals surface area contributed by atoms with Crippen LogP contribution < -0.4 is 21.2 Å². The molecule has 0 bridgehead atoms. The van der Waals surface area contributed by atoms with Gasteiger partial charge in [-0.25, -0.2) is 0 Å². The third kappa shape index (κ3) is 5.68. The molecule has 0 aromatic heterocycles. The molecule has 0 spiro atoms. The molecule has 0 aliphatic carbocycles. The van der Waals surface area contributed by atoms with E-state index >= 15 is 0 Å². The van der Waals surface area contributed by atoms with Crippen LogP contribution in [0.4, 0.5) is 0 Å². The zero-order valence-electron chi connectivity index (χ0n) is 19.2. The van der Waals surface area contributed by atoms with E-state index in [1.54, 1.807) is 0 Å². The molecule has 3 nitrogen and oxygen atoms in total. The summed E-state index contributed by atoms with van der Waals surface area (Å²) in [6.07, 6.45) is 2.27. The Morgan fingerprint density at radius 2 is 0.824 bits per heavy atom. The van der Waals surface area contributed by atoms with Crippen molar-refractivity contribution in [2.24, 2.45) is 0 Å². The molecule has 5 heteroatoms. The molecule has 4 rings (SSSR count). The SMILES string of the molecule is O=P(CCCCOCP(=O)(c1ccccc1)c1ccccc1)(c1ccccc1)c1ccccc1. The minimum atomic E-state index is -2.88. The van der Waals surface area contributed by atoms with Gasteiger partial charge in [0.05, 0.1) is 0 Å². The molecule has 0 atom stereocenters. The topological polar surface area (TPSA) is 43.4 Å². The highest BCUT2D eigenvalue weighted by atomic mass is 31.2. The maximum atomic E-state index is 14.1. The zero-order chi connectivity index (χ0) is 23.7. The van der Waals surface area contributed by atoms with Crippen LogP contribution in [0.1, 0.15) is 12.8 Å². The van der Waals surface area contributed by atoms with E-state index in [1.807, 2.05) is 121 Å². The number of hydrogen-bond donors (Lipinski definition) is 0. The van der Waals surface area contributed by atoms with E-state index in [1.165, 1.54) is 0 Å². The minimum absolute atomic E-state index is 0.163. The predicted molar refractivity (Wildman–Crippen MR) is 144 cm³/mol. The maximum Gasteiger partial charge on any atom is 0.167 e. The summed E-state index contributed by atoms with van der Waals surface area (Å²) < 4.78 is 34.1. The Kier molecular flexibility index (Phi) is 8.35. The van der Waals surface area contributed by atoms with Crippen LogP contribution in [0.5, 0.6) is 0 Å². The van der Waals surface area contributed by atoms with Crippen molar-refractivity contribution in [3.63, 3.8) is 0 Å². The fourth-order valence-corrected chi connectivity index (χ4v) is 9.19. The van der Waals surface area contributed by atoms with Gasteiger partial charge >= 0.3 is 0 Å². The molecule has 0 aliphatic heterocycles. The normalized spacial score (nSPS) is 11.9. The molecule has 0 amide bonds. The quantitative estimate of drug-likeness (QED) is 0.199. The monoisotopic (exact) mass is 488 g/mol. The number of benzene rings is 4. The number of rotatable bonds is 11. The molecule has 0 saturated carbocycles. The van der Waals surface area contributed by atoms with Gasteiger partial charge in [0.2, 0.25) is 0 Å². The van der Waals surface area contributed by atoms with E-state index in [0.29, 0.717) is 12.8 Å². The fourth-order valence-electron chi connectivity index (χ4n) is 4.11. The van der Waals surface area contributed by atoms with Crippen molar-refractivity contribution in [3.05, 3.63) is 121 Å². The lowest BCUT2D eigenvalue weighted by Gasteiger charge is -2.20. The molecule has 0 N–H and O–H groups in total. The van der Waals surface area contributed by atoms with E-state index in [0.717, 1.165) is 34.1 Å². The highest BCUT2D eigenvalue weighted by Crippen LogP contribution is 2.45. The molecule has 0 heterocycles. The van der Waals surface area contributed by atoms with Crippen LogP contribution in [0.15, 0.2) is 121 Å². The van der Waals surface area contributed by atoms with Crippen LogP contribution in [0.3, 0.4) is 0 Å². The van der Waals surface area contributed by atoms with Crippen molar-refractivity contribution < 1.29 is 13.9 Å². The molecular formula is C29H30O3P2. The van der Waals surface area contributed by atoms with Crippen molar-refractivity contribution in [3.8, 4) is 0 Å². The minimum Gasteiger partial charge on any atom is -0.373 e. The van der Waals surface area contributed by atoms with Crippen LogP contribution in [0.25, 0.3) is 0 Å². The van der Waals surface area contributed by atoms with Gasteiger partial charge in [0, 0.05) is 34.0 Å². The van der Waals surface area contributed by atoms with Gasteiger partial charge in [0.25, 0.3) is 0 Å². The first-order chi connectivity index (χ1) is 16.6. The average Bonchev–Trinajstić information content (AvgIpc) is 2.92. The predicted octanol–water partition coefficient (Wildman–Crippen LogP) is 5.77. The van der Waals surface area contributed by atoms with Gasteiger partial charge in [0.1, 0.15) is 13.5 Å². The lowest BCUT2D eigenvalue weighted by molar-refractivity contribution is 0.173. The highest BCUT2D eigenvalue weighted by molar-refractivity contribution is 7.79. The standard InChI is InChI=1S/C29H30O3P2/c30-33(26-15-5-1-6-16-26,27-17-7-2-8-18-27)24-14-13-23-32-25-34(31,28-19-9-3-10-20-28)29-21-11-4-12-22-29/h1-12,15-22H,13-14,23-25H2. The molecular weight excluding hydrogens is 458 g/mol. The third-order valence-corrected chi connectivity index (χ3v) is 12.0. The van der Waals surface area contributed by atoms with Gasteiger partial charge in [-0.1, -0.05) is 121 Å². The first-order valence-electron chi connectivity index (χ1n) is 11.6. The second kappa shape index (κ2) is 11.6. The summed E-state index contributed by atoms with van der Waals surface area (Å²) in [5.74, 6) is 0. The Hall–Kier alpha value is -2.70. The molecule has 0 saturated heterocycles. The lowest BCUT2D eigenvalue weighted by Crippen LogP contribution is -2.20. The van der Waals surface area contributed by atoms with E-state index in [9.17, 15) is 9.13 Å². The maximum absolute atomic E-state index is 14.1. The van der Waals surface area contributed by atoms with Crippen LogP contribution in [0.2, 0.25) is 0 Å². The molecule has 4 aromatic carbocycles. The summed E-state index contributed by atoms with van der Waals surface area (Å²) in [4.78, 5) is 0. The molecule has 4 aromatic rings. The summed E-state index contributed by atoms with van der Waals surface area (Å²) in [5, 5.41) is 3.39. The van der Waals surface area contributed by atoms with Crippen molar-refractivity contribution >= 4 is 35.5 Å². The van der Waals surface area contributed by atoms with Gasteiger partial charge in [-0.05, 0) is 12.8 Å². The average molecular weight is 489 g/mol. The van der Waals surface area contributed by atoms with Gasteiger partial charge in [-0.15, -0.1) is 0 Å². The van der Waals surface area contributed by atoms with Crippen LogP contribution in [-0.2, 0) is 13.9 Å².